The number of para-hydroxylation sites is 1. The molecule has 1 N–H and O–H groups in total. The first-order chi connectivity index (χ1) is 12.6. The van der Waals surface area contributed by atoms with Crippen molar-refractivity contribution in [3.8, 4) is 0 Å². The maximum atomic E-state index is 13.0. The SMILES string of the molecule is O=C(c1cc(=O)[nH]c2ccccc12)N1CCC(C(=O)N2CCCC2)CC1. The second kappa shape index (κ2) is 6.94. The molecule has 2 aliphatic heterocycles. The first-order valence-corrected chi connectivity index (χ1v) is 9.33. The highest BCUT2D eigenvalue weighted by Gasteiger charge is 2.31. The second-order valence-corrected chi connectivity index (χ2v) is 7.19. The average Bonchev–Trinajstić information content (AvgIpc) is 3.21. The van der Waals surface area contributed by atoms with E-state index in [9.17, 15) is 14.4 Å². The zero-order chi connectivity index (χ0) is 18.1. The predicted octanol–water partition coefficient (Wildman–Crippen LogP) is 2.00. The Morgan fingerprint density at radius 3 is 2.38 bits per heavy atom. The fraction of sp³-hybridized carbons (Fsp3) is 0.450. The number of nitrogens with zero attached hydrogens (tertiary/aromatic N) is 2. The molecule has 0 aliphatic carbocycles. The van der Waals surface area contributed by atoms with Crippen molar-refractivity contribution in [3.05, 3.63) is 46.2 Å². The number of fused-ring (bicyclic) bond motifs is 1. The van der Waals surface area contributed by atoms with Gasteiger partial charge in [-0.1, -0.05) is 18.2 Å². The summed E-state index contributed by atoms with van der Waals surface area (Å²) in [6.07, 6.45) is 3.59. The van der Waals surface area contributed by atoms with E-state index >= 15 is 0 Å². The molecule has 2 aromatic rings. The summed E-state index contributed by atoms with van der Waals surface area (Å²) in [5.41, 5.74) is 0.835. The van der Waals surface area contributed by atoms with E-state index in [0.29, 0.717) is 37.0 Å². The third-order valence-electron chi connectivity index (χ3n) is 5.53. The van der Waals surface area contributed by atoms with Crippen molar-refractivity contribution in [1.29, 1.82) is 0 Å². The van der Waals surface area contributed by atoms with Crippen LogP contribution in [0.1, 0.15) is 36.0 Å². The number of piperidine rings is 1. The number of hydrogen-bond acceptors (Lipinski definition) is 3. The van der Waals surface area contributed by atoms with Gasteiger partial charge in [0.05, 0.1) is 5.56 Å². The van der Waals surface area contributed by atoms with E-state index in [-0.39, 0.29) is 23.3 Å². The van der Waals surface area contributed by atoms with Crippen LogP contribution < -0.4 is 5.56 Å². The van der Waals surface area contributed by atoms with E-state index in [1.807, 2.05) is 23.1 Å². The van der Waals surface area contributed by atoms with Crippen LogP contribution in [-0.2, 0) is 4.79 Å². The Morgan fingerprint density at radius 2 is 1.65 bits per heavy atom. The molecular weight excluding hydrogens is 330 g/mol. The number of rotatable bonds is 2. The van der Waals surface area contributed by atoms with Gasteiger partial charge in [-0.05, 0) is 31.7 Å². The molecule has 0 unspecified atom stereocenters. The molecule has 136 valence electrons. The van der Waals surface area contributed by atoms with Gasteiger partial charge in [0.15, 0.2) is 0 Å². The van der Waals surface area contributed by atoms with Crippen molar-refractivity contribution in [1.82, 2.24) is 14.8 Å². The normalized spacial score (nSPS) is 18.5. The molecule has 0 spiro atoms. The van der Waals surface area contributed by atoms with Crippen LogP contribution in [0.15, 0.2) is 35.1 Å². The maximum Gasteiger partial charge on any atom is 0.254 e. The molecule has 1 aromatic carbocycles. The molecule has 6 nitrogen and oxygen atoms in total. The van der Waals surface area contributed by atoms with Crippen molar-refractivity contribution in [2.45, 2.75) is 25.7 Å². The minimum atomic E-state index is -0.272. The van der Waals surface area contributed by atoms with Crippen molar-refractivity contribution < 1.29 is 9.59 Å². The van der Waals surface area contributed by atoms with E-state index < -0.39 is 0 Å². The van der Waals surface area contributed by atoms with Gasteiger partial charge >= 0.3 is 0 Å². The van der Waals surface area contributed by atoms with E-state index in [1.54, 1.807) is 11.0 Å². The smallest absolute Gasteiger partial charge is 0.254 e. The summed E-state index contributed by atoms with van der Waals surface area (Å²) >= 11 is 0. The van der Waals surface area contributed by atoms with Crippen LogP contribution in [0.2, 0.25) is 0 Å². The largest absolute Gasteiger partial charge is 0.342 e. The molecule has 26 heavy (non-hydrogen) atoms. The summed E-state index contributed by atoms with van der Waals surface area (Å²) in [6, 6.07) is 8.73. The summed E-state index contributed by atoms with van der Waals surface area (Å²) in [5.74, 6) is 0.142. The van der Waals surface area contributed by atoms with Gasteiger partial charge in [0, 0.05) is 49.1 Å². The molecule has 2 aliphatic rings. The lowest BCUT2D eigenvalue weighted by Gasteiger charge is -2.33. The fourth-order valence-corrected chi connectivity index (χ4v) is 4.08. The molecule has 6 heteroatoms. The van der Waals surface area contributed by atoms with E-state index in [1.165, 1.54) is 6.07 Å². The van der Waals surface area contributed by atoms with Crippen molar-refractivity contribution in [2.75, 3.05) is 26.2 Å². The van der Waals surface area contributed by atoms with E-state index in [0.717, 1.165) is 31.3 Å². The van der Waals surface area contributed by atoms with Crippen molar-refractivity contribution in [3.63, 3.8) is 0 Å². The number of hydrogen-bond donors (Lipinski definition) is 1. The van der Waals surface area contributed by atoms with Gasteiger partial charge in [0.2, 0.25) is 11.5 Å². The zero-order valence-corrected chi connectivity index (χ0v) is 14.7. The van der Waals surface area contributed by atoms with Crippen LogP contribution in [0.5, 0.6) is 0 Å². The quantitative estimate of drug-likeness (QED) is 0.897. The lowest BCUT2D eigenvalue weighted by atomic mass is 9.94. The van der Waals surface area contributed by atoms with Gasteiger partial charge in [-0.25, -0.2) is 0 Å². The Morgan fingerprint density at radius 1 is 0.962 bits per heavy atom. The first-order valence-electron chi connectivity index (χ1n) is 9.33. The Bertz CT molecular complexity index is 891. The van der Waals surface area contributed by atoms with E-state index in [2.05, 4.69) is 4.98 Å². The van der Waals surface area contributed by atoms with Crippen LogP contribution in [-0.4, -0.2) is 52.8 Å². The Labute approximate surface area is 151 Å². The van der Waals surface area contributed by atoms with Crippen LogP contribution >= 0.6 is 0 Å². The van der Waals surface area contributed by atoms with Crippen LogP contribution in [0.3, 0.4) is 0 Å². The summed E-state index contributed by atoms with van der Waals surface area (Å²) < 4.78 is 0. The number of aromatic nitrogens is 1. The van der Waals surface area contributed by atoms with Gasteiger partial charge < -0.3 is 14.8 Å². The lowest BCUT2D eigenvalue weighted by Crippen LogP contribution is -2.44. The van der Waals surface area contributed by atoms with Crippen molar-refractivity contribution in [2.24, 2.45) is 5.92 Å². The maximum absolute atomic E-state index is 13.0. The molecular formula is C20H23N3O3. The highest BCUT2D eigenvalue weighted by atomic mass is 16.2. The molecule has 2 amide bonds. The second-order valence-electron chi connectivity index (χ2n) is 7.19. The molecule has 1 aromatic heterocycles. The number of H-pyrrole nitrogens is 1. The number of aromatic amines is 1. The molecule has 4 rings (SSSR count). The number of pyridine rings is 1. The predicted molar refractivity (Wildman–Crippen MR) is 99.0 cm³/mol. The highest BCUT2D eigenvalue weighted by molar-refractivity contribution is 6.06. The number of benzene rings is 1. The summed E-state index contributed by atoms with van der Waals surface area (Å²) in [6.45, 7) is 2.86. The van der Waals surface area contributed by atoms with Gasteiger partial charge in [-0.2, -0.15) is 0 Å². The van der Waals surface area contributed by atoms with Crippen LogP contribution in [0.25, 0.3) is 10.9 Å². The third kappa shape index (κ3) is 3.11. The summed E-state index contributed by atoms with van der Waals surface area (Å²) in [7, 11) is 0. The number of amides is 2. The van der Waals surface area contributed by atoms with Gasteiger partial charge in [0.1, 0.15) is 0 Å². The average molecular weight is 353 g/mol. The molecule has 0 radical (unpaired) electrons. The number of likely N-dealkylation sites (tertiary alicyclic amines) is 2. The Hall–Kier alpha value is -2.63. The Kier molecular flexibility index (Phi) is 4.49. The van der Waals surface area contributed by atoms with Crippen LogP contribution in [0, 0.1) is 5.92 Å². The molecule has 3 heterocycles. The van der Waals surface area contributed by atoms with Gasteiger partial charge in [-0.15, -0.1) is 0 Å². The minimum Gasteiger partial charge on any atom is -0.342 e. The summed E-state index contributed by atoms with van der Waals surface area (Å²) in [4.78, 5) is 43.9. The van der Waals surface area contributed by atoms with Crippen LogP contribution in [0.4, 0.5) is 0 Å². The minimum absolute atomic E-state index is 0.0214. The Balaban J connectivity index is 1.49. The van der Waals surface area contributed by atoms with E-state index in [4.69, 9.17) is 0 Å². The van der Waals surface area contributed by atoms with Gasteiger partial charge in [0.25, 0.3) is 5.91 Å². The first kappa shape index (κ1) is 16.8. The molecule has 2 fully saturated rings. The molecule has 0 atom stereocenters. The number of carbonyl (C=O) groups excluding carboxylic acids is 2. The molecule has 2 saturated heterocycles. The molecule has 0 bridgehead atoms. The zero-order valence-electron chi connectivity index (χ0n) is 14.7. The third-order valence-corrected chi connectivity index (χ3v) is 5.53. The van der Waals surface area contributed by atoms with Crippen molar-refractivity contribution >= 4 is 22.7 Å². The summed E-state index contributed by atoms with van der Waals surface area (Å²) in [5, 5.41) is 0.757. The monoisotopic (exact) mass is 353 g/mol. The fourth-order valence-electron chi connectivity index (χ4n) is 4.08. The van der Waals surface area contributed by atoms with Gasteiger partial charge in [-0.3, -0.25) is 14.4 Å². The number of carbonyl (C=O) groups is 2. The highest BCUT2D eigenvalue weighted by Crippen LogP contribution is 2.24. The molecule has 0 saturated carbocycles. The standard InChI is InChI=1S/C20H23N3O3/c24-18-13-16(15-5-1-2-6-17(15)21-18)20(26)23-11-7-14(8-12-23)19(25)22-9-3-4-10-22/h1-2,5-6,13-14H,3-4,7-12H2,(H,21,24). The lowest BCUT2D eigenvalue weighted by molar-refractivity contribution is -0.135. The topological polar surface area (TPSA) is 73.5 Å². The number of nitrogens with one attached hydrogen (secondary N) is 1.